The first-order valence-electron chi connectivity index (χ1n) is 7.73. The van der Waals surface area contributed by atoms with E-state index in [2.05, 4.69) is 43.4 Å². The van der Waals surface area contributed by atoms with E-state index in [1.807, 2.05) is 0 Å². The Kier molecular flexibility index (Phi) is 5.96. The highest BCUT2D eigenvalue weighted by atomic mass is 19.1. The van der Waals surface area contributed by atoms with Gasteiger partial charge >= 0.3 is 0 Å². The molecule has 1 atom stereocenters. The number of halogens is 1. The molecule has 0 radical (unpaired) electrons. The molecule has 0 spiro atoms. The lowest BCUT2D eigenvalue weighted by molar-refractivity contribution is 0.385. The molecule has 0 aliphatic heterocycles. The van der Waals surface area contributed by atoms with Gasteiger partial charge in [0.2, 0.25) is 0 Å². The van der Waals surface area contributed by atoms with Crippen LogP contribution in [0.25, 0.3) is 0 Å². The van der Waals surface area contributed by atoms with Crippen molar-refractivity contribution in [1.29, 1.82) is 0 Å². The Hall–Kier alpha value is -1.87. The predicted octanol–water partition coefficient (Wildman–Crippen LogP) is 4.43. The average molecular weight is 301 g/mol. The van der Waals surface area contributed by atoms with Crippen LogP contribution in [0.3, 0.4) is 0 Å². The molecule has 2 rings (SSSR count). The first kappa shape index (κ1) is 16.5. The van der Waals surface area contributed by atoms with Crippen LogP contribution < -0.4 is 10.1 Å². The lowest BCUT2D eigenvalue weighted by atomic mass is 10.0. The third-order valence-corrected chi connectivity index (χ3v) is 4.01. The van der Waals surface area contributed by atoms with Crippen molar-refractivity contribution in [3.8, 4) is 5.75 Å². The summed E-state index contributed by atoms with van der Waals surface area (Å²) in [5.41, 5.74) is 3.79. The van der Waals surface area contributed by atoms with Crippen molar-refractivity contribution in [3.05, 3.63) is 65.0 Å². The topological polar surface area (TPSA) is 21.3 Å². The minimum Gasteiger partial charge on any atom is -0.494 e. The molecule has 2 aromatic carbocycles. The smallest absolute Gasteiger partial charge is 0.165 e. The summed E-state index contributed by atoms with van der Waals surface area (Å²) >= 11 is 0. The Labute approximate surface area is 132 Å². The summed E-state index contributed by atoms with van der Waals surface area (Å²) in [7, 11) is 1.49. The van der Waals surface area contributed by atoms with Crippen molar-refractivity contribution in [2.75, 3.05) is 13.7 Å². The maximum absolute atomic E-state index is 13.4. The summed E-state index contributed by atoms with van der Waals surface area (Å²) in [5.74, 6) is -0.0240. The van der Waals surface area contributed by atoms with Gasteiger partial charge in [0, 0.05) is 6.04 Å². The SMILES string of the molecule is COc1cc(C(C)NCCCc2ccccc2C)ccc1F. The second-order valence-electron chi connectivity index (χ2n) is 5.60. The van der Waals surface area contributed by atoms with Gasteiger partial charge in [-0.2, -0.15) is 0 Å². The number of hydrogen-bond acceptors (Lipinski definition) is 2. The molecule has 22 heavy (non-hydrogen) atoms. The number of aryl methyl sites for hydroxylation is 2. The molecule has 0 aliphatic carbocycles. The van der Waals surface area contributed by atoms with E-state index in [9.17, 15) is 4.39 Å². The van der Waals surface area contributed by atoms with Crippen LogP contribution in [-0.2, 0) is 6.42 Å². The van der Waals surface area contributed by atoms with Crippen molar-refractivity contribution in [2.45, 2.75) is 32.7 Å². The Bertz CT molecular complexity index is 612. The standard InChI is InChI=1S/C19H24FNO/c1-14-7-4-5-8-16(14)9-6-12-21-15(2)17-10-11-18(20)19(13-17)22-3/h4-5,7-8,10-11,13,15,21H,6,9,12H2,1-3H3. The van der Waals surface area contributed by atoms with E-state index in [4.69, 9.17) is 4.74 Å². The molecule has 0 amide bonds. The summed E-state index contributed by atoms with van der Waals surface area (Å²) < 4.78 is 18.4. The van der Waals surface area contributed by atoms with Crippen molar-refractivity contribution >= 4 is 0 Å². The summed E-state index contributed by atoms with van der Waals surface area (Å²) in [6.07, 6.45) is 2.15. The fraction of sp³-hybridized carbons (Fsp3) is 0.368. The van der Waals surface area contributed by atoms with Crippen molar-refractivity contribution in [2.24, 2.45) is 0 Å². The van der Waals surface area contributed by atoms with E-state index in [-0.39, 0.29) is 11.9 Å². The Balaban J connectivity index is 1.83. The Morgan fingerprint density at radius 2 is 1.95 bits per heavy atom. The fourth-order valence-corrected chi connectivity index (χ4v) is 2.55. The molecule has 118 valence electrons. The number of hydrogen-bond donors (Lipinski definition) is 1. The maximum Gasteiger partial charge on any atom is 0.165 e. The van der Waals surface area contributed by atoms with E-state index in [0.717, 1.165) is 24.9 Å². The molecule has 0 fully saturated rings. The van der Waals surface area contributed by atoms with Crippen molar-refractivity contribution < 1.29 is 9.13 Å². The molecule has 2 nitrogen and oxygen atoms in total. The minimum atomic E-state index is -0.321. The molecule has 1 unspecified atom stereocenters. The van der Waals surface area contributed by atoms with Gasteiger partial charge in [-0.05, 0) is 62.1 Å². The van der Waals surface area contributed by atoms with E-state index in [1.165, 1.54) is 24.3 Å². The maximum atomic E-state index is 13.4. The zero-order chi connectivity index (χ0) is 15.9. The van der Waals surface area contributed by atoms with Crippen LogP contribution in [0, 0.1) is 12.7 Å². The van der Waals surface area contributed by atoms with Crippen LogP contribution in [0.15, 0.2) is 42.5 Å². The molecule has 0 aromatic heterocycles. The number of nitrogens with one attached hydrogen (secondary N) is 1. The number of rotatable bonds is 7. The first-order chi connectivity index (χ1) is 10.6. The van der Waals surface area contributed by atoms with Gasteiger partial charge < -0.3 is 10.1 Å². The van der Waals surface area contributed by atoms with Crippen LogP contribution in [0.1, 0.15) is 36.1 Å². The molecule has 2 aromatic rings. The molecule has 1 N–H and O–H groups in total. The molecule has 0 saturated heterocycles. The highest BCUT2D eigenvalue weighted by Gasteiger charge is 2.09. The summed E-state index contributed by atoms with van der Waals surface area (Å²) in [6.45, 7) is 5.16. The zero-order valence-corrected chi connectivity index (χ0v) is 13.5. The fourth-order valence-electron chi connectivity index (χ4n) is 2.55. The molecule has 0 heterocycles. The van der Waals surface area contributed by atoms with Gasteiger partial charge in [0.25, 0.3) is 0 Å². The van der Waals surface area contributed by atoms with Gasteiger partial charge in [0.15, 0.2) is 11.6 Å². The highest BCUT2D eigenvalue weighted by molar-refractivity contribution is 5.32. The normalized spacial score (nSPS) is 12.2. The molecular weight excluding hydrogens is 277 g/mol. The highest BCUT2D eigenvalue weighted by Crippen LogP contribution is 2.22. The van der Waals surface area contributed by atoms with E-state index in [0.29, 0.717) is 5.75 Å². The van der Waals surface area contributed by atoms with Crippen molar-refractivity contribution in [3.63, 3.8) is 0 Å². The molecule has 0 bridgehead atoms. The quantitative estimate of drug-likeness (QED) is 0.764. The lowest BCUT2D eigenvalue weighted by Crippen LogP contribution is -2.20. The molecule has 0 aliphatic rings. The van der Waals surface area contributed by atoms with Crippen LogP contribution >= 0.6 is 0 Å². The van der Waals surface area contributed by atoms with Gasteiger partial charge in [0.05, 0.1) is 7.11 Å². The number of methoxy groups -OCH3 is 1. The summed E-state index contributed by atoms with van der Waals surface area (Å²) in [4.78, 5) is 0. The summed E-state index contributed by atoms with van der Waals surface area (Å²) in [5, 5.41) is 3.48. The van der Waals surface area contributed by atoms with E-state index < -0.39 is 0 Å². The minimum absolute atomic E-state index is 0.173. The van der Waals surface area contributed by atoms with Gasteiger partial charge in [-0.25, -0.2) is 4.39 Å². The third-order valence-electron chi connectivity index (χ3n) is 4.01. The van der Waals surface area contributed by atoms with Crippen LogP contribution in [-0.4, -0.2) is 13.7 Å². The van der Waals surface area contributed by atoms with Gasteiger partial charge in [-0.1, -0.05) is 30.3 Å². The van der Waals surface area contributed by atoms with Crippen molar-refractivity contribution in [1.82, 2.24) is 5.32 Å². The number of ether oxygens (including phenoxy) is 1. The van der Waals surface area contributed by atoms with Crippen LogP contribution in [0.5, 0.6) is 5.75 Å². The molecular formula is C19H24FNO. The predicted molar refractivity (Wildman–Crippen MR) is 88.9 cm³/mol. The van der Waals surface area contributed by atoms with Gasteiger partial charge in [-0.3, -0.25) is 0 Å². The zero-order valence-electron chi connectivity index (χ0n) is 13.5. The van der Waals surface area contributed by atoms with Crippen LogP contribution in [0.2, 0.25) is 0 Å². The molecule has 0 saturated carbocycles. The van der Waals surface area contributed by atoms with Crippen LogP contribution in [0.4, 0.5) is 4.39 Å². The second kappa shape index (κ2) is 7.95. The summed E-state index contributed by atoms with van der Waals surface area (Å²) in [6, 6.07) is 13.7. The first-order valence-corrected chi connectivity index (χ1v) is 7.73. The van der Waals surface area contributed by atoms with Gasteiger partial charge in [-0.15, -0.1) is 0 Å². The van der Waals surface area contributed by atoms with Gasteiger partial charge in [0.1, 0.15) is 0 Å². The Morgan fingerprint density at radius 3 is 2.68 bits per heavy atom. The Morgan fingerprint density at radius 1 is 1.18 bits per heavy atom. The third kappa shape index (κ3) is 4.31. The van der Waals surface area contributed by atoms with E-state index in [1.54, 1.807) is 12.1 Å². The largest absolute Gasteiger partial charge is 0.494 e. The average Bonchev–Trinajstić information content (AvgIpc) is 2.53. The lowest BCUT2D eigenvalue weighted by Gasteiger charge is -2.15. The monoisotopic (exact) mass is 301 g/mol. The second-order valence-corrected chi connectivity index (χ2v) is 5.60. The van der Waals surface area contributed by atoms with E-state index >= 15 is 0 Å². The number of benzene rings is 2. The molecule has 3 heteroatoms.